The van der Waals surface area contributed by atoms with E-state index in [4.69, 9.17) is 17.3 Å². The lowest BCUT2D eigenvalue weighted by Crippen LogP contribution is -1.94. The van der Waals surface area contributed by atoms with Crippen LogP contribution < -0.4 is 5.73 Å². The van der Waals surface area contributed by atoms with E-state index in [2.05, 4.69) is 4.98 Å². The molecular weight excluding hydrogens is 186 g/mol. The van der Waals surface area contributed by atoms with E-state index >= 15 is 0 Å². The highest BCUT2D eigenvalue weighted by Crippen LogP contribution is 2.22. The van der Waals surface area contributed by atoms with Gasteiger partial charge in [0, 0.05) is 5.69 Å². The second-order valence-corrected chi connectivity index (χ2v) is 3.44. The molecule has 0 saturated carbocycles. The predicted octanol–water partition coefficient (Wildman–Crippen LogP) is 2.19. The standard InChI is InChI=1S/C9H10ClN3/c1-5-6(2)13-8(10)4-3-7(11)9(13)12-5/h3-4H,11H2,1-2H3. The summed E-state index contributed by atoms with van der Waals surface area (Å²) in [5.41, 5.74) is 9.15. The first kappa shape index (κ1) is 8.38. The molecule has 13 heavy (non-hydrogen) atoms. The normalized spacial score (nSPS) is 11.0. The first-order chi connectivity index (χ1) is 6.11. The quantitative estimate of drug-likeness (QED) is 0.655. The summed E-state index contributed by atoms with van der Waals surface area (Å²) in [7, 11) is 0. The Morgan fingerprint density at radius 1 is 1.38 bits per heavy atom. The largest absolute Gasteiger partial charge is 0.396 e. The molecule has 2 heterocycles. The van der Waals surface area contributed by atoms with Crippen molar-refractivity contribution in [2.75, 3.05) is 5.73 Å². The lowest BCUT2D eigenvalue weighted by Gasteiger charge is -2.01. The summed E-state index contributed by atoms with van der Waals surface area (Å²) in [6.45, 7) is 3.92. The van der Waals surface area contributed by atoms with Crippen LogP contribution in [0, 0.1) is 13.8 Å². The van der Waals surface area contributed by atoms with Crippen LogP contribution in [0.3, 0.4) is 0 Å². The molecule has 4 heteroatoms. The Bertz CT molecular complexity index is 473. The molecule has 3 nitrogen and oxygen atoms in total. The number of hydrogen-bond acceptors (Lipinski definition) is 2. The van der Waals surface area contributed by atoms with Crippen LogP contribution in [0.1, 0.15) is 11.4 Å². The van der Waals surface area contributed by atoms with Gasteiger partial charge in [0.25, 0.3) is 0 Å². The van der Waals surface area contributed by atoms with Crippen molar-refractivity contribution in [2.24, 2.45) is 0 Å². The van der Waals surface area contributed by atoms with E-state index in [-0.39, 0.29) is 0 Å². The Kier molecular flexibility index (Phi) is 1.70. The van der Waals surface area contributed by atoms with Gasteiger partial charge in [0.15, 0.2) is 5.65 Å². The molecule has 0 atom stereocenters. The SMILES string of the molecule is Cc1nc2c(N)ccc(Cl)n2c1C. The van der Waals surface area contributed by atoms with E-state index in [1.165, 1.54) is 0 Å². The summed E-state index contributed by atoms with van der Waals surface area (Å²) >= 11 is 6.02. The number of nitrogens with zero attached hydrogens (tertiary/aromatic N) is 2. The van der Waals surface area contributed by atoms with Gasteiger partial charge in [0.05, 0.1) is 11.4 Å². The lowest BCUT2D eigenvalue weighted by atomic mass is 10.4. The predicted molar refractivity (Wildman–Crippen MR) is 54.1 cm³/mol. The maximum absolute atomic E-state index is 6.02. The third-order valence-electron chi connectivity index (χ3n) is 2.22. The van der Waals surface area contributed by atoms with Gasteiger partial charge in [-0.1, -0.05) is 11.6 Å². The minimum Gasteiger partial charge on any atom is -0.396 e. The summed E-state index contributed by atoms with van der Waals surface area (Å²) in [5.74, 6) is 0. The Hall–Kier alpha value is -1.22. The number of nitrogen functional groups attached to an aromatic ring is 1. The summed E-state index contributed by atoms with van der Waals surface area (Å²) in [5, 5.41) is 0.641. The Morgan fingerprint density at radius 3 is 2.69 bits per heavy atom. The molecule has 0 unspecified atom stereocenters. The average Bonchev–Trinajstić information content (AvgIpc) is 2.38. The van der Waals surface area contributed by atoms with Crippen LogP contribution in [-0.4, -0.2) is 9.38 Å². The molecule has 0 aliphatic rings. The number of aromatic nitrogens is 2. The van der Waals surface area contributed by atoms with Crippen LogP contribution in [0.2, 0.25) is 5.15 Å². The number of imidazole rings is 1. The van der Waals surface area contributed by atoms with E-state index in [1.54, 1.807) is 12.1 Å². The van der Waals surface area contributed by atoms with Gasteiger partial charge < -0.3 is 5.73 Å². The fraction of sp³-hybridized carbons (Fsp3) is 0.222. The molecular formula is C9H10ClN3. The summed E-state index contributed by atoms with van der Waals surface area (Å²) in [6.07, 6.45) is 0. The molecule has 0 bridgehead atoms. The van der Waals surface area contributed by atoms with Crippen molar-refractivity contribution in [3.63, 3.8) is 0 Å². The maximum Gasteiger partial charge on any atom is 0.161 e. The van der Waals surface area contributed by atoms with E-state index in [0.717, 1.165) is 17.0 Å². The van der Waals surface area contributed by atoms with Crippen LogP contribution in [-0.2, 0) is 0 Å². The molecule has 2 aromatic heterocycles. The topological polar surface area (TPSA) is 43.3 Å². The van der Waals surface area contributed by atoms with Crippen molar-refractivity contribution in [2.45, 2.75) is 13.8 Å². The first-order valence-electron chi connectivity index (χ1n) is 4.01. The Morgan fingerprint density at radius 2 is 2.08 bits per heavy atom. The first-order valence-corrected chi connectivity index (χ1v) is 4.38. The molecule has 0 fully saturated rings. The second kappa shape index (κ2) is 2.64. The Labute approximate surface area is 81.1 Å². The van der Waals surface area contributed by atoms with Gasteiger partial charge in [0.2, 0.25) is 0 Å². The minimum absolute atomic E-state index is 0.641. The number of halogens is 1. The van der Waals surface area contributed by atoms with Crippen LogP contribution in [0.4, 0.5) is 5.69 Å². The highest BCUT2D eigenvalue weighted by atomic mass is 35.5. The zero-order valence-corrected chi connectivity index (χ0v) is 8.26. The van der Waals surface area contributed by atoms with E-state index in [9.17, 15) is 0 Å². The maximum atomic E-state index is 6.02. The minimum atomic E-state index is 0.641. The van der Waals surface area contributed by atoms with Gasteiger partial charge in [-0.25, -0.2) is 4.98 Å². The molecule has 2 rings (SSSR count). The number of rotatable bonds is 0. The third kappa shape index (κ3) is 1.08. The fourth-order valence-electron chi connectivity index (χ4n) is 1.37. The van der Waals surface area contributed by atoms with Gasteiger partial charge in [-0.15, -0.1) is 0 Å². The Balaban J connectivity index is 3.00. The number of nitrogens with two attached hydrogens (primary N) is 1. The molecule has 0 aliphatic heterocycles. The average molecular weight is 196 g/mol. The molecule has 0 saturated heterocycles. The number of pyridine rings is 1. The van der Waals surface area contributed by atoms with Crippen LogP contribution in [0.15, 0.2) is 12.1 Å². The number of hydrogen-bond donors (Lipinski definition) is 1. The number of fused-ring (bicyclic) bond motifs is 1. The second-order valence-electron chi connectivity index (χ2n) is 3.05. The van der Waals surface area contributed by atoms with Gasteiger partial charge in [-0.05, 0) is 26.0 Å². The summed E-state index contributed by atoms with van der Waals surface area (Å²) in [4.78, 5) is 4.33. The number of anilines is 1. The zero-order valence-electron chi connectivity index (χ0n) is 7.50. The molecule has 0 radical (unpaired) electrons. The summed E-state index contributed by atoms with van der Waals surface area (Å²) in [6, 6.07) is 3.54. The van der Waals surface area contributed by atoms with Crippen molar-refractivity contribution in [1.82, 2.24) is 9.38 Å². The van der Waals surface area contributed by atoms with Gasteiger partial charge in [-0.3, -0.25) is 4.40 Å². The van der Waals surface area contributed by atoms with Gasteiger partial charge in [-0.2, -0.15) is 0 Å². The van der Waals surface area contributed by atoms with E-state index < -0.39 is 0 Å². The molecule has 2 aromatic rings. The van der Waals surface area contributed by atoms with Gasteiger partial charge >= 0.3 is 0 Å². The van der Waals surface area contributed by atoms with Gasteiger partial charge in [0.1, 0.15) is 5.15 Å². The molecule has 2 N–H and O–H groups in total. The van der Waals surface area contributed by atoms with Crippen molar-refractivity contribution in [1.29, 1.82) is 0 Å². The van der Waals surface area contributed by atoms with Crippen LogP contribution >= 0.6 is 11.6 Å². The highest BCUT2D eigenvalue weighted by Gasteiger charge is 2.08. The molecule has 0 amide bonds. The van der Waals surface area contributed by atoms with Crippen molar-refractivity contribution in [3.8, 4) is 0 Å². The van der Waals surface area contributed by atoms with Crippen molar-refractivity contribution >= 4 is 22.9 Å². The highest BCUT2D eigenvalue weighted by molar-refractivity contribution is 6.30. The number of aryl methyl sites for hydroxylation is 2. The van der Waals surface area contributed by atoms with Crippen LogP contribution in [0.5, 0.6) is 0 Å². The zero-order chi connectivity index (χ0) is 9.59. The molecule has 0 aliphatic carbocycles. The van der Waals surface area contributed by atoms with Crippen molar-refractivity contribution < 1.29 is 0 Å². The fourth-order valence-corrected chi connectivity index (χ4v) is 1.64. The van der Waals surface area contributed by atoms with Crippen LogP contribution in [0.25, 0.3) is 5.65 Å². The van der Waals surface area contributed by atoms with E-state index in [1.807, 2.05) is 18.2 Å². The molecule has 68 valence electrons. The monoisotopic (exact) mass is 195 g/mol. The van der Waals surface area contributed by atoms with E-state index in [0.29, 0.717) is 10.8 Å². The smallest absolute Gasteiger partial charge is 0.161 e. The summed E-state index contributed by atoms with van der Waals surface area (Å²) < 4.78 is 1.85. The lowest BCUT2D eigenvalue weighted by molar-refractivity contribution is 1.10. The third-order valence-corrected chi connectivity index (χ3v) is 2.51. The molecule has 0 spiro atoms. The molecule has 0 aromatic carbocycles. The van der Waals surface area contributed by atoms with Crippen molar-refractivity contribution in [3.05, 3.63) is 28.7 Å².